The lowest BCUT2D eigenvalue weighted by Gasteiger charge is -2.26. The number of benzene rings is 5. The van der Waals surface area contributed by atoms with Gasteiger partial charge in [-0.25, -0.2) is 4.98 Å². The van der Waals surface area contributed by atoms with Crippen LogP contribution in [0, 0.1) is 0 Å². The summed E-state index contributed by atoms with van der Waals surface area (Å²) in [6, 6.07) is 41.1. The maximum atomic E-state index is 4.74. The Labute approximate surface area is 192 Å². The van der Waals surface area contributed by atoms with E-state index in [9.17, 15) is 0 Å². The molecule has 2 nitrogen and oxygen atoms in total. The van der Waals surface area contributed by atoms with Crippen molar-refractivity contribution in [2.24, 2.45) is 0 Å². The van der Waals surface area contributed by atoms with Gasteiger partial charge < -0.3 is 0 Å². The molecule has 33 heavy (non-hydrogen) atoms. The zero-order valence-corrected chi connectivity index (χ0v) is 17.9. The molecule has 0 spiro atoms. The van der Waals surface area contributed by atoms with Gasteiger partial charge in [0.05, 0.1) is 5.69 Å². The molecular formula is C31H20N2. The minimum atomic E-state index is 0.906. The fourth-order valence-corrected chi connectivity index (χ4v) is 5.18. The average molecular weight is 421 g/mol. The molecule has 7 rings (SSSR count). The van der Waals surface area contributed by atoms with E-state index < -0.39 is 0 Å². The first kappa shape index (κ1) is 18.2. The van der Waals surface area contributed by atoms with Crippen molar-refractivity contribution in [3.8, 4) is 22.3 Å². The Balaban J connectivity index is 1.52. The van der Waals surface area contributed by atoms with E-state index in [0.29, 0.717) is 0 Å². The summed E-state index contributed by atoms with van der Waals surface area (Å²) in [6.45, 7) is 0. The fourth-order valence-electron chi connectivity index (χ4n) is 5.18. The molecule has 0 saturated carbocycles. The van der Waals surface area contributed by atoms with E-state index in [0.717, 1.165) is 17.2 Å². The topological polar surface area (TPSA) is 16.1 Å². The van der Waals surface area contributed by atoms with Crippen LogP contribution in [-0.4, -0.2) is 4.98 Å². The van der Waals surface area contributed by atoms with E-state index in [2.05, 4.69) is 108 Å². The smallest absolute Gasteiger partial charge is 0.137 e. The van der Waals surface area contributed by atoms with Crippen molar-refractivity contribution in [3.63, 3.8) is 0 Å². The molecule has 1 aromatic heterocycles. The predicted octanol–water partition coefficient (Wildman–Crippen LogP) is 8.51. The lowest BCUT2D eigenvalue weighted by atomic mass is 10.0. The van der Waals surface area contributed by atoms with Crippen LogP contribution in [0.2, 0.25) is 0 Å². The molecule has 0 amide bonds. The lowest BCUT2D eigenvalue weighted by molar-refractivity contribution is 1.19. The third-order valence-electron chi connectivity index (χ3n) is 6.64. The first-order chi connectivity index (χ1) is 16.4. The van der Waals surface area contributed by atoms with E-state index in [-0.39, 0.29) is 0 Å². The molecule has 6 aromatic rings. The third-order valence-corrected chi connectivity index (χ3v) is 6.64. The normalized spacial score (nSPS) is 11.6. The van der Waals surface area contributed by atoms with Crippen molar-refractivity contribution >= 4 is 38.7 Å². The Bertz CT molecular complexity index is 1640. The highest BCUT2D eigenvalue weighted by atomic mass is 15.2. The molecule has 2 heteroatoms. The summed E-state index contributed by atoms with van der Waals surface area (Å²) in [7, 11) is 0. The highest BCUT2D eigenvalue weighted by Crippen LogP contribution is 2.50. The van der Waals surface area contributed by atoms with E-state index in [1.54, 1.807) is 0 Å². The van der Waals surface area contributed by atoms with Gasteiger partial charge >= 0.3 is 0 Å². The quantitative estimate of drug-likeness (QED) is 0.285. The first-order valence-electron chi connectivity index (χ1n) is 11.2. The van der Waals surface area contributed by atoms with Crippen LogP contribution >= 0.6 is 0 Å². The van der Waals surface area contributed by atoms with Gasteiger partial charge in [0.15, 0.2) is 0 Å². The van der Waals surface area contributed by atoms with Gasteiger partial charge in [-0.3, -0.25) is 4.90 Å². The van der Waals surface area contributed by atoms with E-state index in [1.165, 1.54) is 43.8 Å². The van der Waals surface area contributed by atoms with Gasteiger partial charge in [-0.1, -0.05) is 84.9 Å². The molecule has 1 heterocycles. The number of anilines is 3. The largest absolute Gasteiger partial charge is 0.294 e. The first-order valence-corrected chi connectivity index (χ1v) is 11.2. The molecular weight excluding hydrogens is 400 g/mol. The van der Waals surface area contributed by atoms with Gasteiger partial charge in [0.1, 0.15) is 5.82 Å². The molecule has 0 saturated heterocycles. The molecule has 1 aliphatic carbocycles. The molecule has 0 atom stereocenters. The Morgan fingerprint density at radius 3 is 2.06 bits per heavy atom. The van der Waals surface area contributed by atoms with Crippen LogP contribution in [0.5, 0.6) is 0 Å². The molecule has 0 unspecified atom stereocenters. The van der Waals surface area contributed by atoms with E-state index >= 15 is 0 Å². The molecule has 5 aromatic carbocycles. The van der Waals surface area contributed by atoms with Crippen LogP contribution in [0.15, 0.2) is 121 Å². The zero-order valence-electron chi connectivity index (χ0n) is 17.9. The fraction of sp³-hybridized carbons (Fsp3) is 0. The van der Waals surface area contributed by atoms with Crippen molar-refractivity contribution in [2.45, 2.75) is 0 Å². The summed E-state index contributed by atoms with van der Waals surface area (Å²) in [5, 5.41) is 5.00. The van der Waals surface area contributed by atoms with Gasteiger partial charge in [-0.05, 0) is 68.7 Å². The van der Waals surface area contributed by atoms with Gasteiger partial charge in [0.2, 0.25) is 0 Å². The molecule has 0 aliphatic heterocycles. The van der Waals surface area contributed by atoms with Gasteiger partial charge in [0.25, 0.3) is 0 Å². The predicted molar refractivity (Wildman–Crippen MR) is 138 cm³/mol. The number of fused-ring (bicyclic) bond motifs is 4. The molecule has 0 bridgehead atoms. The molecule has 154 valence electrons. The Kier molecular flexibility index (Phi) is 3.88. The van der Waals surface area contributed by atoms with E-state index in [1.807, 2.05) is 18.3 Å². The van der Waals surface area contributed by atoms with Crippen LogP contribution in [0.3, 0.4) is 0 Å². The zero-order chi connectivity index (χ0) is 21.8. The highest BCUT2D eigenvalue weighted by molar-refractivity contribution is 6.19. The summed E-state index contributed by atoms with van der Waals surface area (Å²) in [5.41, 5.74) is 7.47. The van der Waals surface area contributed by atoms with Crippen LogP contribution in [0.1, 0.15) is 0 Å². The average Bonchev–Trinajstić information content (AvgIpc) is 3.21. The number of aromatic nitrogens is 1. The second kappa shape index (κ2) is 7.04. The minimum Gasteiger partial charge on any atom is -0.294 e. The summed E-state index contributed by atoms with van der Waals surface area (Å²) in [6.07, 6.45) is 1.86. The van der Waals surface area contributed by atoms with Crippen molar-refractivity contribution in [3.05, 3.63) is 121 Å². The Morgan fingerprint density at radius 1 is 0.515 bits per heavy atom. The number of nitrogens with zero attached hydrogens (tertiary/aromatic N) is 2. The maximum Gasteiger partial charge on any atom is 0.137 e. The molecule has 0 radical (unpaired) electrons. The van der Waals surface area contributed by atoms with Crippen LogP contribution in [-0.2, 0) is 0 Å². The Morgan fingerprint density at radius 2 is 1.24 bits per heavy atom. The van der Waals surface area contributed by atoms with Gasteiger partial charge in [-0.15, -0.1) is 0 Å². The Hall–Kier alpha value is -4.43. The number of hydrogen-bond acceptors (Lipinski definition) is 2. The molecule has 0 N–H and O–H groups in total. The summed E-state index contributed by atoms with van der Waals surface area (Å²) >= 11 is 0. The van der Waals surface area contributed by atoms with Crippen molar-refractivity contribution in [2.75, 3.05) is 4.90 Å². The minimum absolute atomic E-state index is 0.906. The van der Waals surface area contributed by atoms with Crippen LogP contribution < -0.4 is 4.90 Å². The number of hydrogen-bond donors (Lipinski definition) is 0. The van der Waals surface area contributed by atoms with Crippen LogP contribution in [0.25, 0.3) is 43.8 Å². The number of pyridine rings is 1. The third kappa shape index (κ3) is 2.71. The highest BCUT2D eigenvalue weighted by Gasteiger charge is 2.24. The number of rotatable bonds is 3. The van der Waals surface area contributed by atoms with E-state index in [4.69, 9.17) is 4.98 Å². The molecule has 1 aliphatic rings. The standard InChI is InChI=1S/C31H20N2/c1-2-9-22-20-23(16-15-21(22)8-1)33(30-14-5-6-19-32-30)29-18-17-27-25-11-4-3-10-24(25)26-12-7-13-28(29)31(26)27/h1-20H. The van der Waals surface area contributed by atoms with Gasteiger partial charge in [0, 0.05) is 17.3 Å². The van der Waals surface area contributed by atoms with Crippen molar-refractivity contribution < 1.29 is 0 Å². The summed E-state index contributed by atoms with van der Waals surface area (Å²) < 4.78 is 0. The van der Waals surface area contributed by atoms with Gasteiger partial charge in [-0.2, -0.15) is 0 Å². The summed E-state index contributed by atoms with van der Waals surface area (Å²) in [4.78, 5) is 7.02. The second-order valence-electron chi connectivity index (χ2n) is 8.46. The van der Waals surface area contributed by atoms with Crippen molar-refractivity contribution in [1.29, 1.82) is 0 Å². The SMILES string of the molecule is c1ccc(N(c2ccc3ccccc3c2)c2ccc3c4c(cccc24)-c2ccccc2-3)nc1. The molecule has 0 fully saturated rings. The van der Waals surface area contributed by atoms with Crippen molar-refractivity contribution in [1.82, 2.24) is 4.98 Å². The maximum absolute atomic E-state index is 4.74. The summed E-state index contributed by atoms with van der Waals surface area (Å²) in [5.74, 6) is 0.906. The second-order valence-corrected chi connectivity index (χ2v) is 8.46. The van der Waals surface area contributed by atoms with Crippen LogP contribution in [0.4, 0.5) is 17.2 Å². The monoisotopic (exact) mass is 420 g/mol. The lowest BCUT2D eigenvalue weighted by Crippen LogP contribution is -2.12.